The fourth-order valence-electron chi connectivity index (χ4n) is 2.33. The van der Waals surface area contributed by atoms with Gasteiger partial charge in [0.2, 0.25) is 0 Å². The zero-order valence-electron chi connectivity index (χ0n) is 10.5. The third-order valence-corrected chi connectivity index (χ3v) is 3.55. The van der Waals surface area contributed by atoms with Crippen LogP contribution in [0.2, 0.25) is 0 Å². The number of nitrogens with one attached hydrogen (secondary N) is 1. The average molecular weight is 250 g/mol. The van der Waals surface area contributed by atoms with Gasteiger partial charge in [0.05, 0.1) is 6.07 Å². The van der Waals surface area contributed by atoms with Crippen LogP contribution in [0.4, 0.5) is 0 Å². The summed E-state index contributed by atoms with van der Waals surface area (Å²) < 4.78 is 0. The van der Waals surface area contributed by atoms with Crippen molar-refractivity contribution in [2.75, 3.05) is 0 Å². The first-order valence-electron chi connectivity index (χ1n) is 6.48. The van der Waals surface area contributed by atoms with Crippen LogP contribution in [0.5, 0.6) is 0 Å². The molecule has 0 heterocycles. The standard InChI is InChI=1S/C16H14N2O/c17-10-15(12-8-9-12)18-16(19)14-7-3-5-11-4-1-2-6-13(11)14/h1-7,12,15H,8-9H2,(H,18,19). The summed E-state index contributed by atoms with van der Waals surface area (Å²) in [4.78, 5) is 12.3. The number of hydrogen-bond donors (Lipinski definition) is 1. The van der Waals surface area contributed by atoms with Gasteiger partial charge in [0.1, 0.15) is 6.04 Å². The zero-order chi connectivity index (χ0) is 13.2. The molecule has 1 atom stereocenters. The maximum atomic E-state index is 12.3. The van der Waals surface area contributed by atoms with Crippen LogP contribution >= 0.6 is 0 Å². The minimum absolute atomic E-state index is 0.157. The van der Waals surface area contributed by atoms with Crippen molar-refractivity contribution in [1.82, 2.24) is 5.32 Å². The number of rotatable bonds is 3. The number of carbonyl (C=O) groups excluding carboxylic acids is 1. The third-order valence-electron chi connectivity index (χ3n) is 3.55. The molecule has 0 saturated heterocycles. The van der Waals surface area contributed by atoms with Crippen molar-refractivity contribution < 1.29 is 4.79 Å². The second-order valence-electron chi connectivity index (χ2n) is 4.94. The first-order chi connectivity index (χ1) is 9.29. The molecule has 0 aliphatic heterocycles. The monoisotopic (exact) mass is 250 g/mol. The van der Waals surface area contributed by atoms with Crippen molar-refractivity contribution >= 4 is 16.7 Å². The second kappa shape index (κ2) is 4.74. The fraction of sp³-hybridized carbons (Fsp3) is 0.250. The van der Waals surface area contributed by atoms with Gasteiger partial charge in [-0.25, -0.2) is 0 Å². The summed E-state index contributed by atoms with van der Waals surface area (Å²) in [5, 5.41) is 13.9. The number of nitriles is 1. The van der Waals surface area contributed by atoms with Gasteiger partial charge in [0.15, 0.2) is 0 Å². The molecule has 1 aliphatic rings. The normalized spacial score (nSPS) is 15.7. The average Bonchev–Trinajstić information content (AvgIpc) is 3.28. The Morgan fingerprint density at radius 2 is 1.95 bits per heavy atom. The number of amides is 1. The quantitative estimate of drug-likeness (QED) is 0.910. The van der Waals surface area contributed by atoms with Crippen LogP contribution in [0.3, 0.4) is 0 Å². The van der Waals surface area contributed by atoms with Crippen LogP contribution in [0.25, 0.3) is 10.8 Å². The highest BCUT2D eigenvalue weighted by Gasteiger charge is 2.32. The van der Waals surface area contributed by atoms with Crippen molar-refractivity contribution in [3.05, 3.63) is 48.0 Å². The number of benzene rings is 2. The lowest BCUT2D eigenvalue weighted by atomic mass is 10.0. The second-order valence-corrected chi connectivity index (χ2v) is 4.94. The van der Waals surface area contributed by atoms with Crippen LogP contribution in [-0.2, 0) is 0 Å². The summed E-state index contributed by atoms with van der Waals surface area (Å²) in [7, 11) is 0. The van der Waals surface area contributed by atoms with Gasteiger partial charge in [-0.2, -0.15) is 5.26 Å². The Balaban J connectivity index is 1.91. The van der Waals surface area contributed by atoms with E-state index in [9.17, 15) is 4.79 Å². The van der Waals surface area contributed by atoms with Crippen molar-refractivity contribution in [1.29, 1.82) is 5.26 Å². The van der Waals surface area contributed by atoms with Crippen molar-refractivity contribution in [2.45, 2.75) is 18.9 Å². The molecular weight excluding hydrogens is 236 g/mol. The van der Waals surface area contributed by atoms with E-state index < -0.39 is 0 Å². The van der Waals surface area contributed by atoms with E-state index in [0.29, 0.717) is 11.5 Å². The summed E-state index contributed by atoms with van der Waals surface area (Å²) in [5.74, 6) is 0.180. The molecule has 0 radical (unpaired) electrons. The Hall–Kier alpha value is -2.34. The highest BCUT2D eigenvalue weighted by molar-refractivity contribution is 6.07. The van der Waals surface area contributed by atoms with Crippen LogP contribution in [0.1, 0.15) is 23.2 Å². The third kappa shape index (κ3) is 2.30. The van der Waals surface area contributed by atoms with Gasteiger partial charge < -0.3 is 5.32 Å². The van der Waals surface area contributed by atoms with Gasteiger partial charge in [-0.1, -0.05) is 36.4 Å². The molecule has 0 bridgehead atoms. The van der Waals surface area contributed by atoms with E-state index in [1.165, 1.54) is 0 Å². The van der Waals surface area contributed by atoms with E-state index >= 15 is 0 Å². The zero-order valence-corrected chi connectivity index (χ0v) is 10.5. The minimum Gasteiger partial charge on any atom is -0.336 e. The lowest BCUT2D eigenvalue weighted by Gasteiger charge is -2.11. The molecule has 1 aliphatic carbocycles. The fourth-order valence-corrected chi connectivity index (χ4v) is 2.33. The van der Waals surface area contributed by atoms with Crippen molar-refractivity contribution in [2.24, 2.45) is 5.92 Å². The first-order valence-corrected chi connectivity index (χ1v) is 6.48. The number of hydrogen-bond acceptors (Lipinski definition) is 2. The topological polar surface area (TPSA) is 52.9 Å². The molecule has 2 aromatic rings. The Kier molecular flexibility index (Phi) is 2.92. The van der Waals surface area contributed by atoms with Crippen LogP contribution in [0, 0.1) is 17.2 Å². The van der Waals surface area contributed by atoms with Crippen molar-refractivity contribution in [3.8, 4) is 6.07 Å². The summed E-state index contributed by atoms with van der Waals surface area (Å²) in [6.07, 6.45) is 2.07. The number of fused-ring (bicyclic) bond motifs is 1. The first kappa shape index (κ1) is 11.7. The molecule has 1 fully saturated rings. The van der Waals surface area contributed by atoms with Gasteiger partial charge >= 0.3 is 0 Å². The highest BCUT2D eigenvalue weighted by Crippen LogP contribution is 2.32. The maximum absolute atomic E-state index is 12.3. The molecular formula is C16H14N2O. The van der Waals surface area contributed by atoms with Gasteiger partial charge in [0, 0.05) is 5.56 Å². The van der Waals surface area contributed by atoms with Crippen LogP contribution in [0.15, 0.2) is 42.5 Å². The van der Waals surface area contributed by atoms with Crippen molar-refractivity contribution in [3.63, 3.8) is 0 Å². The van der Waals surface area contributed by atoms with Gasteiger partial charge in [0.25, 0.3) is 5.91 Å². The Morgan fingerprint density at radius 3 is 2.68 bits per heavy atom. The highest BCUT2D eigenvalue weighted by atomic mass is 16.1. The molecule has 19 heavy (non-hydrogen) atoms. The van der Waals surface area contributed by atoms with E-state index in [1.807, 2.05) is 36.4 Å². The molecule has 1 unspecified atom stereocenters. The van der Waals surface area contributed by atoms with Crippen LogP contribution < -0.4 is 5.32 Å². The molecule has 0 aromatic heterocycles. The molecule has 3 rings (SSSR count). The number of nitrogens with zero attached hydrogens (tertiary/aromatic N) is 1. The molecule has 94 valence electrons. The molecule has 2 aromatic carbocycles. The molecule has 0 spiro atoms. The van der Waals surface area contributed by atoms with E-state index in [0.717, 1.165) is 23.6 Å². The lowest BCUT2D eigenvalue weighted by Crippen LogP contribution is -2.35. The molecule has 3 nitrogen and oxygen atoms in total. The lowest BCUT2D eigenvalue weighted by molar-refractivity contribution is 0.0943. The van der Waals surface area contributed by atoms with E-state index in [-0.39, 0.29) is 11.9 Å². The summed E-state index contributed by atoms with van der Waals surface area (Å²) in [6.45, 7) is 0. The van der Waals surface area contributed by atoms with Crippen LogP contribution in [-0.4, -0.2) is 11.9 Å². The Morgan fingerprint density at radius 1 is 1.21 bits per heavy atom. The number of carbonyl (C=O) groups is 1. The Labute approximate surface area is 111 Å². The maximum Gasteiger partial charge on any atom is 0.252 e. The Bertz CT molecular complexity index is 662. The molecule has 1 N–H and O–H groups in total. The SMILES string of the molecule is N#CC(NC(=O)c1cccc2ccccc12)C1CC1. The van der Waals surface area contributed by atoms with E-state index in [2.05, 4.69) is 11.4 Å². The van der Waals surface area contributed by atoms with Gasteiger partial charge in [-0.15, -0.1) is 0 Å². The van der Waals surface area contributed by atoms with E-state index in [1.54, 1.807) is 6.07 Å². The summed E-state index contributed by atoms with van der Waals surface area (Å²) >= 11 is 0. The van der Waals surface area contributed by atoms with E-state index in [4.69, 9.17) is 5.26 Å². The largest absolute Gasteiger partial charge is 0.336 e. The van der Waals surface area contributed by atoms with Gasteiger partial charge in [-0.3, -0.25) is 4.79 Å². The molecule has 1 saturated carbocycles. The molecule has 1 amide bonds. The predicted molar refractivity (Wildman–Crippen MR) is 73.5 cm³/mol. The smallest absolute Gasteiger partial charge is 0.252 e. The molecule has 3 heteroatoms. The summed E-state index contributed by atoms with van der Waals surface area (Å²) in [6, 6.07) is 15.3. The summed E-state index contributed by atoms with van der Waals surface area (Å²) in [5.41, 5.74) is 0.638. The minimum atomic E-state index is -0.355. The van der Waals surface area contributed by atoms with Gasteiger partial charge in [-0.05, 0) is 35.6 Å². The predicted octanol–water partition coefficient (Wildman–Crippen LogP) is 2.87.